The van der Waals surface area contributed by atoms with Gasteiger partial charge in [-0.3, -0.25) is 14.7 Å². The molecular formula is C23H23FN4O3. The first-order valence-electron chi connectivity index (χ1n) is 10.1. The number of fused-ring (bicyclic) bond motifs is 1. The largest absolute Gasteiger partial charge is 0.486 e. The maximum atomic E-state index is 13.9. The molecule has 0 unspecified atom stereocenters. The van der Waals surface area contributed by atoms with Gasteiger partial charge < -0.3 is 15.4 Å². The van der Waals surface area contributed by atoms with E-state index in [1.807, 2.05) is 30.3 Å². The number of aromatic nitrogens is 2. The van der Waals surface area contributed by atoms with Gasteiger partial charge in [0.25, 0.3) is 11.8 Å². The van der Waals surface area contributed by atoms with Crippen LogP contribution >= 0.6 is 0 Å². The van der Waals surface area contributed by atoms with Crippen LogP contribution in [0.25, 0.3) is 0 Å². The predicted molar refractivity (Wildman–Crippen MR) is 113 cm³/mol. The highest BCUT2D eigenvalue weighted by atomic mass is 19.1. The number of ether oxygens (including phenoxy) is 1. The zero-order valence-corrected chi connectivity index (χ0v) is 17.0. The molecule has 4 rings (SSSR count). The Labute approximate surface area is 179 Å². The minimum atomic E-state index is -0.764. The van der Waals surface area contributed by atoms with Gasteiger partial charge in [0.1, 0.15) is 18.5 Å². The van der Waals surface area contributed by atoms with Gasteiger partial charge in [0.2, 0.25) is 0 Å². The molecule has 2 aromatic carbocycles. The number of amides is 2. The average Bonchev–Trinajstić information content (AvgIpc) is 3.45. The van der Waals surface area contributed by atoms with Crippen LogP contribution in [0, 0.1) is 0 Å². The summed E-state index contributed by atoms with van der Waals surface area (Å²) in [5.41, 5.74) is 3.02. The molecule has 0 aliphatic carbocycles. The van der Waals surface area contributed by atoms with Crippen LogP contribution in [0.1, 0.15) is 43.3 Å². The highest BCUT2D eigenvalue weighted by Gasteiger charge is 2.39. The number of nitrogens with zero attached hydrogens (tertiary/aromatic N) is 1. The van der Waals surface area contributed by atoms with E-state index in [1.165, 1.54) is 13.1 Å². The second-order valence-electron chi connectivity index (χ2n) is 7.33. The SMILES string of the molecule is CNC(=O)c1cc(C(=O)NCCc2cn[nH]c2)cc2c1O[C@H](CF)[C@H]2c1ccccc1. The van der Waals surface area contributed by atoms with Crippen molar-refractivity contribution >= 4 is 11.8 Å². The van der Waals surface area contributed by atoms with E-state index in [0.717, 1.165) is 11.1 Å². The summed E-state index contributed by atoms with van der Waals surface area (Å²) in [7, 11) is 1.50. The number of hydrogen-bond acceptors (Lipinski definition) is 4. The highest BCUT2D eigenvalue weighted by molar-refractivity contribution is 6.02. The lowest BCUT2D eigenvalue weighted by molar-refractivity contribution is 0.0954. The fourth-order valence-electron chi connectivity index (χ4n) is 3.88. The lowest BCUT2D eigenvalue weighted by Gasteiger charge is -2.16. The van der Waals surface area contributed by atoms with Crippen LogP contribution in [-0.2, 0) is 6.42 Å². The first-order valence-corrected chi connectivity index (χ1v) is 10.1. The Morgan fingerprint density at radius 2 is 2.00 bits per heavy atom. The zero-order valence-electron chi connectivity index (χ0n) is 17.0. The third kappa shape index (κ3) is 4.14. The van der Waals surface area contributed by atoms with Gasteiger partial charge in [-0.05, 0) is 29.7 Å². The molecule has 1 aliphatic heterocycles. The van der Waals surface area contributed by atoms with Crippen molar-refractivity contribution < 1.29 is 18.7 Å². The summed E-state index contributed by atoms with van der Waals surface area (Å²) in [6, 6.07) is 12.6. The van der Waals surface area contributed by atoms with Crippen molar-refractivity contribution in [3.63, 3.8) is 0 Å². The molecule has 0 fully saturated rings. The van der Waals surface area contributed by atoms with Crippen LogP contribution < -0.4 is 15.4 Å². The van der Waals surface area contributed by atoms with E-state index in [1.54, 1.807) is 18.5 Å². The zero-order chi connectivity index (χ0) is 21.8. The summed E-state index contributed by atoms with van der Waals surface area (Å²) in [4.78, 5) is 25.4. The molecule has 3 aromatic rings. The van der Waals surface area contributed by atoms with Crippen molar-refractivity contribution in [3.05, 3.63) is 82.7 Å². The molecule has 0 radical (unpaired) electrons. The smallest absolute Gasteiger partial charge is 0.254 e. The minimum absolute atomic E-state index is 0.219. The van der Waals surface area contributed by atoms with Gasteiger partial charge in [0.05, 0.1) is 17.7 Å². The molecular weight excluding hydrogens is 399 g/mol. The molecule has 2 heterocycles. The third-order valence-corrected chi connectivity index (χ3v) is 5.39. The lowest BCUT2D eigenvalue weighted by Crippen LogP contribution is -2.26. The summed E-state index contributed by atoms with van der Waals surface area (Å²) >= 11 is 0. The number of carbonyl (C=O) groups is 2. The number of aromatic amines is 1. The van der Waals surface area contributed by atoms with Crippen LogP contribution in [0.3, 0.4) is 0 Å². The normalized spacial score (nSPS) is 17.0. The van der Waals surface area contributed by atoms with Gasteiger partial charge in [-0.25, -0.2) is 4.39 Å². The Balaban J connectivity index is 1.68. The van der Waals surface area contributed by atoms with Gasteiger partial charge in [-0.1, -0.05) is 30.3 Å². The molecule has 160 valence electrons. The van der Waals surface area contributed by atoms with E-state index >= 15 is 0 Å². The molecule has 3 N–H and O–H groups in total. The van der Waals surface area contributed by atoms with E-state index < -0.39 is 24.6 Å². The molecule has 1 aromatic heterocycles. The number of hydrogen-bond donors (Lipinski definition) is 3. The van der Waals surface area contributed by atoms with E-state index in [4.69, 9.17) is 4.74 Å². The van der Waals surface area contributed by atoms with Gasteiger partial charge >= 0.3 is 0 Å². The molecule has 2 amide bonds. The van der Waals surface area contributed by atoms with Crippen molar-refractivity contribution in [2.75, 3.05) is 20.3 Å². The Kier molecular flexibility index (Phi) is 5.97. The molecule has 1 aliphatic rings. The Morgan fingerprint density at radius 3 is 2.68 bits per heavy atom. The van der Waals surface area contributed by atoms with Crippen LogP contribution in [0.2, 0.25) is 0 Å². The summed E-state index contributed by atoms with van der Waals surface area (Å²) in [6.45, 7) is -0.301. The lowest BCUT2D eigenvalue weighted by atomic mass is 9.86. The average molecular weight is 422 g/mol. The molecule has 0 saturated carbocycles. The Hall–Kier alpha value is -3.68. The van der Waals surface area contributed by atoms with Crippen molar-refractivity contribution in [3.8, 4) is 5.75 Å². The first-order chi connectivity index (χ1) is 15.1. The molecule has 8 heteroatoms. The fourth-order valence-corrected chi connectivity index (χ4v) is 3.88. The van der Waals surface area contributed by atoms with Gasteiger partial charge in [-0.15, -0.1) is 0 Å². The maximum Gasteiger partial charge on any atom is 0.254 e. The molecule has 31 heavy (non-hydrogen) atoms. The second-order valence-corrected chi connectivity index (χ2v) is 7.33. The predicted octanol–water partition coefficient (Wildman–Crippen LogP) is 2.60. The fraction of sp³-hybridized carbons (Fsp3) is 0.261. The number of rotatable bonds is 7. The summed E-state index contributed by atoms with van der Waals surface area (Å²) in [6.07, 6.45) is 3.32. The monoisotopic (exact) mass is 422 g/mol. The summed E-state index contributed by atoms with van der Waals surface area (Å²) in [5, 5.41) is 12.1. The quantitative estimate of drug-likeness (QED) is 0.545. The molecule has 0 bridgehead atoms. The summed E-state index contributed by atoms with van der Waals surface area (Å²) < 4.78 is 19.7. The van der Waals surface area contributed by atoms with E-state index in [0.29, 0.717) is 29.8 Å². The van der Waals surface area contributed by atoms with Crippen LogP contribution in [-0.4, -0.2) is 48.4 Å². The number of carbonyl (C=O) groups excluding carboxylic acids is 2. The van der Waals surface area contributed by atoms with E-state index in [9.17, 15) is 14.0 Å². The number of nitrogens with one attached hydrogen (secondary N) is 3. The van der Waals surface area contributed by atoms with Crippen LogP contribution in [0.15, 0.2) is 54.9 Å². The van der Waals surface area contributed by atoms with E-state index in [2.05, 4.69) is 20.8 Å². The van der Waals surface area contributed by atoms with Crippen LogP contribution in [0.5, 0.6) is 5.75 Å². The first kappa shape index (κ1) is 20.6. The Morgan fingerprint density at radius 1 is 1.19 bits per heavy atom. The van der Waals surface area contributed by atoms with Crippen LogP contribution in [0.4, 0.5) is 4.39 Å². The van der Waals surface area contributed by atoms with Crippen molar-refractivity contribution in [1.29, 1.82) is 0 Å². The number of benzene rings is 2. The van der Waals surface area contributed by atoms with Gasteiger partial charge in [0, 0.05) is 30.9 Å². The standard InChI is InChI=1S/C23H23FN4O3/c1-25-23(30)18-10-16(22(29)26-8-7-14-12-27-28-13-14)9-17-20(15-5-3-2-4-6-15)19(11-24)31-21(17)18/h2-6,9-10,12-13,19-20H,7-8,11H2,1H3,(H,25,30)(H,26,29)(H,27,28)/t19-,20+/m1/s1. The minimum Gasteiger partial charge on any atom is -0.486 e. The second kappa shape index (κ2) is 8.99. The number of halogens is 1. The Bertz CT molecular complexity index is 1070. The number of alkyl halides is 1. The summed E-state index contributed by atoms with van der Waals surface area (Å²) in [5.74, 6) is -0.795. The third-order valence-electron chi connectivity index (χ3n) is 5.39. The van der Waals surface area contributed by atoms with Gasteiger partial charge in [-0.2, -0.15) is 5.10 Å². The maximum absolute atomic E-state index is 13.9. The number of H-pyrrole nitrogens is 1. The van der Waals surface area contributed by atoms with E-state index in [-0.39, 0.29) is 11.5 Å². The van der Waals surface area contributed by atoms with Crippen molar-refractivity contribution in [2.24, 2.45) is 0 Å². The molecule has 7 nitrogen and oxygen atoms in total. The van der Waals surface area contributed by atoms with Crippen molar-refractivity contribution in [1.82, 2.24) is 20.8 Å². The molecule has 0 saturated heterocycles. The molecule has 2 atom stereocenters. The van der Waals surface area contributed by atoms with Gasteiger partial charge in [0.15, 0.2) is 0 Å². The highest BCUT2D eigenvalue weighted by Crippen LogP contribution is 2.45. The molecule has 0 spiro atoms. The topological polar surface area (TPSA) is 96.1 Å². The van der Waals surface area contributed by atoms with Crippen molar-refractivity contribution in [2.45, 2.75) is 18.4 Å².